The molecule has 5 aromatic rings. The summed E-state index contributed by atoms with van der Waals surface area (Å²) in [6.07, 6.45) is 1.82. The van der Waals surface area contributed by atoms with Gasteiger partial charge in [0.05, 0.1) is 28.5 Å². The lowest BCUT2D eigenvalue weighted by molar-refractivity contribution is -0.113. The van der Waals surface area contributed by atoms with Crippen molar-refractivity contribution < 1.29 is 14.3 Å². The number of allylic oxidation sites excluding steroid dienone is 1. The molecule has 1 aliphatic rings. The van der Waals surface area contributed by atoms with Crippen LogP contribution in [0.1, 0.15) is 36.6 Å². The van der Waals surface area contributed by atoms with Gasteiger partial charge in [0, 0.05) is 16.3 Å². The second-order valence-corrected chi connectivity index (χ2v) is 11.8. The number of para-hydroxylation sites is 1. The molecule has 2 heterocycles. The quantitative estimate of drug-likeness (QED) is 0.200. The van der Waals surface area contributed by atoms with Gasteiger partial charge >= 0.3 is 0 Å². The average molecular weight is 636 g/mol. The van der Waals surface area contributed by atoms with E-state index >= 15 is 0 Å². The number of nitrogens with zero attached hydrogens (tertiary/aromatic N) is 2. The van der Waals surface area contributed by atoms with E-state index in [1.54, 1.807) is 11.5 Å². The van der Waals surface area contributed by atoms with Crippen LogP contribution in [0.25, 0.3) is 6.08 Å². The van der Waals surface area contributed by atoms with Gasteiger partial charge in [0.2, 0.25) is 0 Å². The minimum absolute atomic E-state index is 0.238. The number of hydrogen-bond donors (Lipinski definition) is 1. The zero-order valence-corrected chi connectivity index (χ0v) is 26.3. The monoisotopic (exact) mass is 635 g/mol. The van der Waals surface area contributed by atoms with Crippen molar-refractivity contribution in [2.75, 3.05) is 11.9 Å². The first-order chi connectivity index (χ1) is 21.9. The second kappa shape index (κ2) is 13.4. The first-order valence-corrected chi connectivity index (χ1v) is 15.7. The Kier molecular flexibility index (Phi) is 8.96. The number of nitrogens with one attached hydrogen (secondary N) is 1. The highest BCUT2D eigenvalue weighted by Gasteiger charge is 2.32. The molecule has 1 amide bonds. The van der Waals surface area contributed by atoms with E-state index in [0.717, 1.165) is 16.7 Å². The predicted molar refractivity (Wildman–Crippen MR) is 179 cm³/mol. The molecule has 1 aromatic heterocycles. The molecule has 1 atom stereocenters. The average Bonchev–Trinajstić information content (AvgIpc) is 3.34. The molecular formula is C36H30ClN3O4S. The van der Waals surface area contributed by atoms with Crippen molar-refractivity contribution in [1.29, 1.82) is 0 Å². The van der Waals surface area contributed by atoms with E-state index in [9.17, 15) is 9.59 Å². The van der Waals surface area contributed by atoms with Crippen LogP contribution in [0.4, 0.5) is 5.69 Å². The number of ether oxygens (including phenoxy) is 2. The number of aromatic nitrogens is 1. The van der Waals surface area contributed by atoms with E-state index in [2.05, 4.69) is 5.32 Å². The van der Waals surface area contributed by atoms with Gasteiger partial charge in [0.25, 0.3) is 11.5 Å². The third kappa shape index (κ3) is 6.62. The van der Waals surface area contributed by atoms with Crippen LogP contribution in [0.2, 0.25) is 5.02 Å². The molecule has 0 saturated heterocycles. The number of rotatable bonds is 9. The van der Waals surface area contributed by atoms with Crippen LogP contribution < -0.4 is 29.7 Å². The Labute approximate surface area is 269 Å². The number of carbonyl (C=O) groups excluding carboxylic acids is 1. The Morgan fingerprint density at radius 1 is 0.956 bits per heavy atom. The fourth-order valence-corrected chi connectivity index (χ4v) is 6.42. The molecule has 0 fully saturated rings. The van der Waals surface area contributed by atoms with E-state index in [1.165, 1.54) is 11.3 Å². The summed E-state index contributed by atoms with van der Waals surface area (Å²) >= 11 is 7.57. The Morgan fingerprint density at radius 3 is 2.47 bits per heavy atom. The van der Waals surface area contributed by atoms with Crippen molar-refractivity contribution in [3.63, 3.8) is 0 Å². The third-order valence-electron chi connectivity index (χ3n) is 7.31. The summed E-state index contributed by atoms with van der Waals surface area (Å²) in [5, 5.41) is 3.62. The molecule has 1 N–H and O–H groups in total. The topological polar surface area (TPSA) is 81.9 Å². The highest BCUT2D eigenvalue weighted by molar-refractivity contribution is 7.07. The number of benzene rings is 4. The lowest BCUT2D eigenvalue weighted by Crippen LogP contribution is -2.40. The number of hydrogen-bond acceptors (Lipinski definition) is 6. The molecule has 0 unspecified atom stereocenters. The molecule has 1 aliphatic heterocycles. The van der Waals surface area contributed by atoms with Gasteiger partial charge < -0.3 is 14.8 Å². The highest BCUT2D eigenvalue weighted by atomic mass is 35.5. The summed E-state index contributed by atoms with van der Waals surface area (Å²) in [6.45, 7) is 4.58. The van der Waals surface area contributed by atoms with E-state index in [1.807, 2.05) is 116 Å². The molecule has 7 nitrogen and oxygen atoms in total. The second-order valence-electron chi connectivity index (χ2n) is 10.4. The van der Waals surface area contributed by atoms with Gasteiger partial charge in [0.15, 0.2) is 4.80 Å². The first kappa shape index (κ1) is 30.1. The molecule has 0 spiro atoms. The van der Waals surface area contributed by atoms with Gasteiger partial charge in [-0.1, -0.05) is 83.6 Å². The van der Waals surface area contributed by atoms with Crippen molar-refractivity contribution in [2.45, 2.75) is 26.5 Å². The van der Waals surface area contributed by atoms with Gasteiger partial charge in [-0.3, -0.25) is 14.2 Å². The fourth-order valence-electron chi connectivity index (χ4n) is 5.18. The largest absolute Gasteiger partial charge is 0.494 e. The maximum Gasteiger partial charge on any atom is 0.271 e. The van der Waals surface area contributed by atoms with Gasteiger partial charge in [-0.25, -0.2) is 4.99 Å². The number of anilines is 1. The third-order valence-corrected chi connectivity index (χ3v) is 8.66. The van der Waals surface area contributed by atoms with Gasteiger partial charge in [-0.05, 0) is 73.5 Å². The fraction of sp³-hybridized carbons (Fsp3) is 0.139. The van der Waals surface area contributed by atoms with E-state index < -0.39 is 6.04 Å². The SMILES string of the molecule is CCOc1ccc([C@H]2C(C(=O)Nc3ccccc3)=C(C)N=c3s/c(=C/c4cccc(OCc5ccccc5Cl)c4)c(=O)n32)cc1. The van der Waals surface area contributed by atoms with Crippen LogP contribution in [-0.2, 0) is 11.4 Å². The summed E-state index contributed by atoms with van der Waals surface area (Å²) in [7, 11) is 0. The summed E-state index contributed by atoms with van der Waals surface area (Å²) in [4.78, 5) is 33.1. The molecule has 6 rings (SSSR count). The van der Waals surface area contributed by atoms with Crippen molar-refractivity contribution >= 4 is 40.6 Å². The van der Waals surface area contributed by atoms with Crippen LogP contribution >= 0.6 is 22.9 Å². The molecule has 226 valence electrons. The zero-order chi connectivity index (χ0) is 31.3. The van der Waals surface area contributed by atoms with Gasteiger partial charge in [-0.15, -0.1) is 0 Å². The molecule has 4 aromatic carbocycles. The van der Waals surface area contributed by atoms with Crippen LogP contribution in [0.3, 0.4) is 0 Å². The first-order valence-electron chi connectivity index (χ1n) is 14.5. The van der Waals surface area contributed by atoms with Crippen molar-refractivity contribution in [3.05, 3.63) is 156 Å². The zero-order valence-electron chi connectivity index (χ0n) is 24.7. The van der Waals surface area contributed by atoms with Gasteiger partial charge in [0.1, 0.15) is 18.1 Å². The van der Waals surface area contributed by atoms with Crippen LogP contribution in [-0.4, -0.2) is 17.1 Å². The molecule has 9 heteroatoms. The Bertz CT molecular complexity index is 2070. The number of halogens is 1. The van der Waals surface area contributed by atoms with E-state index in [-0.39, 0.29) is 11.5 Å². The van der Waals surface area contributed by atoms with Crippen molar-refractivity contribution in [1.82, 2.24) is 4.57 Å². The smallest absolute Gasteiger partial charge is 0.271 e. The molecule has 0 bridgehead atoms. The molecule has 45 heavy (non-hydrogen) atoms. The number of amides is 1. The van der Waals surface area contributed by atoms with E-state index in [0.29, 0.717) is 56.0 Å². The molecule has 0 saturated carbocycles. The minimum atomic E-state index is -0.687. The maximum absolute atomic E-state index is 14.1. The summed E-state index contributed by atoms with van der Waals surface area (Å²) in [5.74, 6) is 1.04. The molecular weight excluding hydrogens is 606 g/mol. The Hall–Kier alpha value is -4.92. The predicted octanol–water partition coefficient (Wildman–Crippen LogP) is 6.51. The summed E-state index contributed by atoms with van der Waals surface area (Å²) < 4.78 is 13.7. The Morgan fingerprint density at radius 2 is 1.71 bits per heavy atom. The molecule has 0 aliphatic carbocycles. The number of carbonyl (C=O) groups is 1. The number of thiazole rings is 1. The highest BCUT2D eigenvalue weighted by Crippen LogP contribution is 2.32. The maximum atomic E-state index is 14.1. The lowest BCUT2D eigenvalue weighted by atomic mass is 9.95. The normalized spacial score (nSPS) is 14.5. The van der Waals surface area contributed by atoms with Crippen LogP contribution in [0, 0.1) is 0 Å². The standard InChI is InChI=1S/C36H30ClN3O4S/c1-3-43-28-18-16-25(17-19-28)33-32(34(41)39-27-12-5-4-6-13-27)23(2)38-36-40(33)35(42)31(45-36)21-24-10-9-14-29(20-24)44-22-26-11-7-8-15-30(26)37/h4-21,33H,3,22H2,1-2H3,(H,39,41)/b31-21+/t33-/m0/s1. The molecule has 0 radical (unpaired) electrons. The van der Waals surface area contributed by atoms with Crippen LogP contribution in [0.15, 0.2) is 124 Å². The van der Waals surface area contributed by atoms with E-state index in [4.69, 9.17) is 26.1 Å². The summed E-state index contributed by atoms with van der Waals surface area (Å²) in [5.41, 5.74) is 3.82. The van der Waals surface area contributed by atoms with Crippen LogP contribution in [0.5, 0.6) is 11.5 Å². The lowest BCUT2D eigenvalue weighted by Gasteiger charge is -2.25. The van der Waals surface area contributed by atoms with Gasteiger partial charge in [-0.2, -0.15) is 0 Å². The minimum Gasteiger partial charge on any atom is -0.494 e. The van der Waals surface area contributed by atoms with Crippen molar-refractivity contribution in [2.24, 2.45) is 4.99 Å². The Balaban J connectivity index is 1.38. The number of fused-ring (bicyclic) bond motifs is 1. The van der Waals surface area contributed by atoms with Crippen molar-refractivity contribution in [3.8, 4) is 11.5 Å². The summed E-state index contributed by atoms with van der Waals surface area (Å²) in [6, 6.07) is 31.1.